The van der Waals surface area contributed by atoms with E-state index in [4.69, 9.17) is 14.2 Å². The molecule has 1 aromatic rings. The molecule has 1 heterocycles. The van der Waals surface area contributed by atoms with Gasteiger partial charge in [-0.05, 0) is 0 Å². The molecule has 4 heteroatoms. The van der Waals surface area contributed by atoms with Crippen molar-refractivity contribution in [3.8, 4) is 17.2 Å². The summed E-state index contributed by atoms with van der Waals surface area (Å²) in [5, 5.41) is 1.36. The van der Waals surface area contributed by atoms with Crippen LogP contribution in [0.15, 0.2) is 12.1 Å². The average molecular weight is 315 g/mol. The third-order valence-corrected chi connectivity index (χ3v) is 6.19. The van der Waals surface area contributed by atoms with E-state index in [0.29, 0.717) is 19.8 Å². The van der Waals surface area contributed by atoms with Crippen molar-refractivity contribution in [2.75, 3.05) is 21.3 Å². The van der Waals surface area contributed by atoms with Crippen LogP contribution in [-0.4, -0.2) is 36.3 Å². The molecule has 1 fully saturated rings. The summed E-state index contributed by atoms with van der Waals surface area (Å²) in [6.45, 7) is 0. The summed E-state index contributed by atoms with van der Waals surface area (Å²) in [5.41, 5.74) is 1.24. The summed E-state index contributed by atoms with van der Waals surface area (Å²) in [6, 6.07) is 3.92. The van der Waals surface area contributed by atoms with E-state index in [9.17, 15) is 0 Å². The Morgan fingerprint density at radius 3 is 2.11 bits per heavy atom. The second-order valence-electron chi connectivity index (χ2n) is 4.30. The van der Waals surface area contributed by atoms with Crippen molar-refractivity contribution in [2.45, 2.75) is 29.4 Å². The van der Waals surface area contributed by atoms with Crippen molar-refractivity contribution in [3.63, 3.8) is 0 Å². The zero-order valence-corrected chi connectivity index (χ0v) is 12.9. The van der Waals surface area contributed by atoms with Gasteiger partial charge in [0.1, 0.15) is 0 Å². The fourth-order valence-electron chi connectivity index (χ4n) is 2.32. The molecule has 3 nitrogen and oxygen atoms in total. The normalized spacial score (nSPS) is 19.4. The number of hydrogen-bond donors (Lipinski definition) is 0. The van der Waals surface area contributed by atoms with E-state index in [0.717, 1.165) is 17.2 Å². The van der Waals surface area contributed by atoms with Crippen LogP contribution in [0.25, 0.3) is 0 Å². The molecule has 2 rings (SSSR count). The molecule has 0 aromatic heterocycles. The molecule has 0 N–H and O–H groups in total. The first-order valence-corrected chi connectivity index (χ1v) is 8.41. The Hall–Kier alpha value is -0.861. The predicted octanol–water partition coefficient (Wildman–Crippen LogP) is 3.06. The standard InChI is InChI=1S/C14H20O3Se/c1-15-10-8-11(16-2)14(12(9-10)17-3)13-6-4-5-7-18-13/h8-9,13H,4-7H2,1-3H3. The minimum atomic E-state index is 0.613. The second-order valence-corrected chi connectivity index (χ2v) is 7.05. The predicted molar refractivity (Wildman–Crippen MR) is 73.3 cm³/mol. The van der Waals surface area contributed by atoms with Crippen molar-refractivity contribution in [1.82, 2.24) is 0 Å². The topological polar surface area (TPSA) is 27.7 Å². The number of benzene rings is 1. The Bertz CT molecular complexity index is 375. The first kappa shape index (κ1) is 13.6. The SMILES string of the molecule is COc1cc(OC)c(C2CCCC[Se]2)c(OC)c1. The first-order chi connectivity index (χ1) is 8.80. The van der Waals surface area contributed by atoms with Crippen LogP contribution in [0, 0.1) is 0 Å². The molecule has 0 bridgehead atoms. The van der Waals surface area contributed by atoms with E-state index in [2.05, 4.69) is 0 Å². The Morgan fingerprint density at radius 1 is 1.00 bits per heavy atom. The van der Waals surface area contributed by atoms with Gasteiger partial charge < -0.3 is 0 Å². The van der Waals surface area contributed by atoms with Crippen molar-refractivity contribution < 1.29 is 14.2 Å². The Kier molecular flexibility index (Phi) is 4.79. The van der Waals surface area contributed by atoms with Crippen molar-refractivity contribution in [2.24, 2.45) is 0 Å². The van der Waals surface area contributed by atoms with Gasteiger partial charge in [-0.3, -0.25) is 0 Å². The van der Waals surface area contributed by atoms with Crippen LogP contribution in [0.4, 0.5) is 0 Å². The van der Waals surface area contributed by atoms with E-state index < -0.39 is 0 Å². The molecule has 18 heavy (non-hydrogen) atoms. The van der Waals surface area contributed by atoms with Gasteiger partial charge >= 0.3 is 115 Å². The molecule has 0 spiro atoms. The zero-order chi connectivity index (χ0) is 13.0. The quantitative estimate of drug-likeness (QED) is 0.799. The van der Waals surface area contributed by atoms with Crippen LogP contribution in [-0.2, 0) is 0 Å². The summed E-state index contributed by atoms with van der Waals surface area (Å²) >= 11 is 0.646. The van der Waals surface area contributed by atoms with Crippen LogP contribution in [0.5, 0.6) is 17.2 Å². The first-order valence-electron chi connectivity index (χ1n) is 6.21. The summed E-state index contributed by atoms with van der Waals surface area (Å²) < 4.78 is 16.4. The van der Waals surface area contributed by atoms with Gasteiger partial charge in [0.25, 0.3) is 0 Å². The monoisotopic (exact) mass is 316 g/mol. The number of hydrogen-bond acceptors (Lipinski definition) is 3. The fraction of sp³-hybridized carbons (Fsp3) is 0.571. The van der Waals surface area contributed by atoms with Crippen LogP contribution in [0.3, 0.4) is 0 Å². The van der Waals surface area contributed by atoms with Crippen LogP contribution in [0.1, 0.15) is 29.6 Å². The molecule has 1 atom stereocenters. The van der Waals surface area contributed by atoms with Gasteiger partial charge in [0.2, 0.25) is 0 Å². The molecule has 0 saturated carbocycles. The van der Waals surface area contributed by atoms with Crippen molar-refractivity contribution in [1.29, 1.82) is 0 Å². The molecule has 100 valence electrons. The molecule has 1 unspecified atom stereocenters. The van der Waals surface area contributed by atoms with Crippen LogP contribution >= 0.6 is 0 Å². The van der Waals surface area contributed by atoms with Gasteiger partial charge in [-0.1, -0.05) is 0 Å². The molecule has 0 amide bonds. The number of rotatable bonds is 4. The molecule has 1 aromatic carbocycles. The van der Waals surface area contributed by atoms with Gasteiger partial charge in [-0.15, -0.1) is 0 Å². The Balaban J connectivity index is 2.41. The van der Waals surface area contributed by atoms with Gasteiger partial charge in [0.05, 0.1) is 0 Å². The van der Waals surface area contributed by atoms with E-state index in [1.807, 2.05) is 12.1 Å². The summed E-state index contributed by atoms with van der Waals surface area (Å²) in [4.78, 5) is 0.613. The Morgan fingerprint density at radius 2 is 1.67 bits per heavy atom. The average Bonchev–Trinajstić information content (AvgIpc) is 2.46. The van der Waals surface area contributed by atoms with E-state index in [1.165, 1.54) is 30.1 Å². The van der Waals surface area contributed by atoms with E-state index in [-0.39, 0.29) is 0 Å². The van der Waals surface area contributed by atoms with Gasteiger partial charge in [0, 0.05) is 0 Å². The van der Waals surface area contributed by atoms with Gasteiger partial charge in [-0.25, -0.2) is 0 Å². The van der Waals surface area contributed by atoms with Crippen LogP contribution in [0.2, 0.25) is 5.32 Å². The molecule has 0 radical (unpaired) electrons. The van der Waals surface area contributed by atoms with Crippen LogP contribution < -0.4 is 14.2 Å². The Labute approximate surface area is 115 Å². The third kappa shape index (κ3) is 2.76. The van der Waals surface area contributed by atoms with Gasteiger partial charge in [0.15, 0.2) is 0 Å². The summed E-state index contributed by atoms with van der Waals surface area (Å²) in [7, 11) is 5.10. The van der Waals surface area contributed by atoms with Gasteiger partial charge in [-0.2, -0.15) is 0 Å². The van der Waals surface area contributed by atoms with Crippen molar-refractivity contribution >= 4 is 15.0 Å². The maximum absolute atomic E-state index is 5.53. The fourth-order valence-corrected chi connectivity index (χ4v) is 5.23. The molecule has 1 saturated heterocycles. The molecule has 1 aliphatic heterocycles. The molecule has 0 aliphatic carbocycles. The maximum atomic E-state index is 5.53. The molecular formula is C14H20O3Se. The van der Waals surface area contributed by atoms with E-state index >= 15 is 0 Å². The second kappa shape index (κ2) is 6.35. The van der Waals surface area contributed by atoms with E-state index in [1.54, 1.807) is 21.3 Å². The van der Waals surface area contributed by atoms with Crippen molar-refractivity contribution in [3.05, 3.63) is 17.7 Å². The summed E-state index contributed by atoms with van der Waals surface area (Å²) in [6.07, 6.45) is 3.93. The third-order valence-electron chi connectivity index (χ3n) is 3.25. The summed E-state index contributed by atoms with van der Waals surface area (Å²) in [5.74, 6) is 2.59. The number of ether oxygens (including phenoxy) is 3. The minimum absolute atomic E-state index is 0.613. The molecular weight excluding hydrogens is 295 g/mol. The molecule has 1 aliphatic rings. The number of methoxy groups -OCH3 is 3. The zero-order valence-electron chi connectivity index (χ0n) is 11.2.